The molecule has 2 N–H and O–H groups in total. The van der Waals surface area contributed by atoms with E-state index in [1.807, 2.05) is 86.6 Å². The van der Waals surface area contributed by atoms with Gasteiger partial charge in [-0.05, 0) is 72.0 Å². The molecule has 0 atom stereocenters. The van der Waals surface area contributed by atoms with E-state index < -0.39 is 5.97 Å². The van der Waals surface area contributed by atoms with E-state index in [1.165, 1.54) is 0 Å². The Bertz CT molecular complexity index is 1620. The van der Waals surface area contributed by atoms with E-state index in [0.717, 1.165) is 44.4 Å². The lowest BCUT2D eigenvalue weighted by Crippen LogP contribution is -2.22. The molecule has 0 spiro atoms. The molecular formula is C34H34N2O3. The minimum absolute atomic E-state index is 0.0979. The molecule has 0 radical (unpaired) electrons. The molecule has 1 amide bonds. The van der Waals surface area contributed by atoms with Crippen LogP contribution < -0.4 is 5.32 Å². The highest BCUT2D eigenvalue weighted by atomic mass is 16.4. The number of aryl methyl sites for hydroxylation is 1. The lowest BCUT2D eigenvalue weighted by molar-refractivity contribution is 0.0696. The minimum Gasteiger partial charge on any atom is -0.478 e. The molecule has 39 heavy (non-hydrogen) atoms. The van der Waals surface area contributed by atoms with E-state index in [-0.39, 0.29) is 11.5 Å². The molecule has 5 rings (SSSR count). The van der Waals surface area contributed by atoms with Gasteiger partial charge in [0.1, 0.15) is 0 Å². The summed E-state index contributed by atoms with van der Waals surface area (Å²) in [7, 11) is 0. The van der Waals surface area contributed by atoms with Crippen LogP contribution in [0.5, 0.6) is 0 Å². The Morgan fingerprint density at radius 2 is 1.51 bits per heavy atom. The number of carboxylic acid groups (broad SMARTS) is 1. The van der Waals surface area contributed by atoms with Crippen molar-refractivity contribution < 1.29 is 14.7 Å². The van der Waals surface area contributed by atoms with Crippen LogP contribution in [0.15, 0.2) is 97.1 Å². The van der Waals surface area contributed by atoms with E-state index in [9.17, 15) is 14.7 Å². The van der Waals surface area contributed by atoms with Gasteiger partial charge in [-0.2, -0.15) is 0 Å². The predicted molar refractivity (Wildman–Crippen MR) is 158 cm³/mol. The van der Waals surface area contributed by atoms with Crippen LogP contribution in [0.3, 0.4) is 0 Å². The van der Waals surface area contributed by atoms with Crippen molar-refractivity contribution in [2.45, 2.75) is 40.8 Å². The molecule has 0 unspecified atom stereocenters. The zero-order chi connectivity index (χ0) is 27.9. The van der Waals surface area contributed by atoms with E-state index in [0.29, 0.717) is 18.7 Å². The van der Waals surface area contributed by atoms with Gasteiger partial charge in [0.05, 0.1) is 5.56 Å². The van der Waals surface area contributed by atoms with Crippen LogP contribution in [0.1, 0.15) is 56.9 Å². The fourth-order valence-corrected chi connectivity index (χ4v) is 4.80. The number of amides is 1. The van der Waals surface area contributed by atoms with Gasteiger partial charge < -0.3 is 15.0 Å². The van der Waals surface area contributed by atoms with Crippen molar-refractivity contribution in [3.05, 3.63) is 131 Å². The SMILES string of the molecule is CC.Cc1c(C)n(Cc2ccccc2-c2cccc(C(=O)O)c2)c2ccc(C(=O)NCc3ccccc3)cc12. The first-order valence-electron chi connectivity index (χ1n) is 13.3. The van der Waals surface area contributed by atoms with Gasteiger partial charge in [-0.25, -0.2) is 4.79 Å². The molecule has 1 aromatic heterocycles. The molecule has 5 aromatic rings. The number of carbonyl (C=O) groups excluding carboxylic acids is 1. The van der Waals surface area contributed by atoms with E-state index in [1.54, 1.807) is 18.2 Å². The average molecular weight is 519 g/mol. The van der Waals surface area contributed by atoms with Crippen LogP contribution in [0, 0.1) is 13.8 Å². The molecule has 0 aliphatic rings. The Hall–Kier alpha value is -4.64. The van der Waals surface area contributed by atoms with E-state index in [4.69, 9.17) is 0 Å². The lowest BCUT2D eigenvalue weighted by atomic mass is 9.98. The van der Waals surface area contributed by atoms with Crippen molar-refractivity contribution in [1.82, 2.24) is 9.88 Å². The van der Waals surface area contributed by atoms with Gasteiger partial charge in [0.15, 0.2) is 0 Å². The average Bonchev–Trinajstić information content (AvgIpc) is 3.22. The number of hydrogen-bond acceptors (Lipinski definition) is 2. The summed E-state index contributed by atoms with van der Waals surface area (Å²) in [6.45, 7) is 9.29. The maximum absolute atomic E-state index is 12.9. The van der Waals surface area contributed by atoms with Crippen LogP contribution in [0.2, 0.25) is 0 Å². The molecular weight excluding hydrogens is 484 g/mol. The van der Waals surface area contributed by atoms with Crippen LogP contribution in [-0.2, 0) is 13.1 Å². The number of carbonyl (C=O) groups is 2. The van der Waals surface area contributed by atoms with Crippen molar-refractivity contribution in [2.24, 2.45) is 0 Å². The number of nitrogens with zero attached hydrogens (tertiary/aromatic N) is 1. The number of carboxylic acids is 1. The van der Waals surface area contributed by atoms with E-state index in [2.05, 4.69) is 29.8 Å². The maximum atomic E-state index is 12.9. The molecule has 5 nitrogen and oxygen atoms in total. The smallest absolute Gasteiger partial charge is 0.335 e. The predicted octanol–water partition coefficient (Wildman–Crippen LogP) is 7.63. The Morgan fingerprint density at radius 1 is 0.795 bits per heavy atom. The second-order valence-electron chi connectivity index (χ2n) is 9.24. The number of nitrogens with one attached hydrogen (secondary N) is 1. The van der Waals surface area contributed by atoms with Gasteiger partial charge in [-0.15, -0.1) is 0 Å². The summed E-state index contributed by atoms with van der Waals surface area (Å²) in [5.41, 5.74) is 8.25. The van der Waals surface area contributed by atoms with Crippen LogP contribution in [0.4, 0.5) is 0 Å². The number of rotatable bonds is 7. The van der Waals surface area contributed by atoms with Crippen molar-refractivity contribution in [3.63, 3.8) is 0 Å². The summed E-state index contributed by atoms with van der Waals surface area (Å²) in [6.07, 6.45) is 0. The normalized spacial score (nSPS) is 10.6. The molecule has 4 aromatic carbocycles. The fraction of sp³-hybridized carbons (Fsp3) is 0.176. The number of fused-ring (bicyclic) bond motifs is 1. The van der Waals surface area contributed by atoms with Gasteiger partial charge in [0, 0.05) is 35.2 Å². The standard InChI is InChI=1S/C32H28N2O3.C2H6/c1-21-22(2)34(20-27-11-6-7-14-28(27)24-12-8-13-26(17-24)32(36)37)30-16-15-25(18-29(21)30)31(35)33-19-23-9-4-3-5-10-23;1-2/h3-18H,19-20H2,1-2H3,(H,33,35)(H,36,37);1-2H3. The van der Waals surface area contributed by atoms with Crippen molar-refractivity contribution >= 4 is 22.8 Å². The molecule has 0 aliphatic heterocycles. The van der Waals surface area contributed by atoms with Gasteiger partial charge in [0.25, 0.3) is 5.91 Å². The van der Waals surface area contributed by atoms with Gasteiger partial charge in [-0.1, -0.05) is 80.6 Å². The largest absolute Gasteiger partial charge is 0.478 e. The first-order chi connectivity index (χ1) is 18.9. The van der Waals surface area contributed by atoms with Gasteiger partial charge >= 0.3 is 5.97 Å². The summed E-state index contributed by atoms with van der Waals surface area (Å²) < 4.78 is 2.26. The third-order valence-electron chi connectivity index (χ3n) is 6.96. The number of hydrogen-bond donors (Lipinski definition) is 2. The number of benzene rings is 4. The molecule has 0 bridgehead atoms. The summed E-state index contributed by atoms with van der Waals surface area (Å²) in [6, 6.07) is 30.8. The summed E-state index contributed by atoms with van der Waals surface area (Å²) in [5.74, 6) is -1.04. The van der Waals surface area contributed by atoms with Crippen LogP contribution in [-0.4, -0.2) is 21.6 Å². The van der Waals surface area contributed by atoms with E-state index >= 15 is 0 Å². The molecule has 198 valence electrons. The molecule has 1 heterocycles. The first kappa shape index (κ1) is 27.4. The molecule has 0 aliphatic carbocycles. The second kappa shape index (κ2) is 12.3. The van der Waals surface area contributed by atoms with Crippen LogP contribution >= 0.6 is 0 Å². The minimum atomic E-state index is -0.939. The van der Waals surface area contributed by atoms with Gasteiger partial charge in [0.2, 0.25) is 0 Å². The van der Waals surface area contributed by atoms with Crippen molar-refractivity contribution in [2.75, 3.05) is 0 Å². The topological polar surface area (TPSA) is 71.3 Å². The summed E-state index contributed by atoms with van der Waals surface area (Å²) in [4.78, 5) is 24.4. The third-order valence-corrected chi connectivity index (χ3v) is 6.96. The highest BCUT2D eigenvalue weighted by Crippen LogP contribution is 2.30. The number of aromatic nitrogens is 1. The molecule has 0 fully saturated rings. The quantitative estimate of drug-likeness (QED) is 0.233. The monoisotopic (exact) mass is 518 g/mol. The van der Waals surface area contributed by atoms with Crippen LogP contribution in [0.25, 0.3) is 22.0 Å². The Balaban J connectivity index is 0.00000172. The highest BCUT2D eigenvalue weighted by Gasteiger charge is 2.16. The molecule has 5 heteroatoms. The highest BCUT2D eigenvalue weighted by molar-refractivity contribution is 5.99. The number of aromatic carboxylic acids is 1. The Labute approximate surface area is 229 Å². The zero-order valence-corrected chi connectivity index (χ0v) is 22.9. The van der Waals surface area contributed by atoms with Gasteiger partial charge in [-0.3, -0.25) is 4.79 Å². The van der Waals surface area contributed by atoms with Crippen molar-refractivity contribution in [3.8, 4) is 11.1 Å². The molecule has 0 saturated heterocycles. The summed E-state index contributed by atoms with van der Waals surface area (Å²) >= 11 is 0. The first-order valence-corrected chi connectivity index (χ1v) is 13.3. The Kier molecular flexibility index (Phi) is 8.62. The third kappa shape index (κ3) is 5.93. The Morgan fingerprint density at radius 3 is 2.26 bits per heavy atom. The second-order valence-corrected chi connectivity index (χ2v) is 9.24. The van der Waals surface area contributed by atoms with Crippen molar-refractivity contribution in [1.29, 1.82) is 0 Å². The summed E-state index contributed by atoms with van der Waals surface area (Å²) in [5, 5.41) is 13.5. The lowest BCUT2D eigenvalue weighted by Gasteiger charge is -2.14. The molecule has 0 saturated carbocycles. The zero-order valence-electron chi connectivity index (χ0n) is 22.9. The maximum Gasteiger partial charge on any atom is 0.335 e. The fourth-order valence-electron chi connectivity index (χ4n) is 4.80.